The van der Waals surface area contributed by atoms with Crippen LogP contribution in [0.3, 0.4) is 0 Å². The third-order valence-corrected chi connectivity index (χ3v) is 6.91. The zero-order valence-electron chi connectivity index (χ0n) is 20.8. The Morgan fingerprint density at radius 2 is 1.34 bits per heavy atom. The number of unbranched alkanes of at least 4 members (excludes halogenated alkanes) is 6. The van der Waals surface area contributed by atoms with Crippen LogP contribution in [0.25, 0.3) is 22.3 Å². The first-order valence-electron chi connectivity index (χ1n) is 13.1. The lowest BCUT2D eigenvalue weighted by Crippen LogP contribution is -2.27. The molecule has 3 aromatic rings. The second-order valence-electron chi connectivity index (χ2n) is 9.61. The van der Waals surface area contributed by atoms with Gasteiger partial charge in [0.2, 0.25) is 0 Å². The maximum Gasteiger partial charge on any atom is 0.427 e. The van der Waals surface area contributed by atoms with Crippen molar-refractivity contribution in [2.45, 2.75) is 84.2 Å². The number of alkyl halides is 2. The van der Waals surface area contributed by atoms with Gasteiger partial charge >= 0.3 is 6.11 Å². The highest BCUT2D eigenvalue weighted by molar-refractivity contribution is 5.80. The van der Waals surface area contributed by atoms with E-state index in [-0.39, 0.29) is 11.3 Å². The van der Waals surface area contributed by atoms with Gasteiger partial charge in [-0.1, -0.05) is 107 Å². The summed E-state index contributed by atoms with van der Waals surface area (Å²) < 4.78 is 49.9. The molecule has 1 heterocycles. The summed E-state index contributed by atoms with van der Waals surface area (Å²) in [5, 5.41) is 0. The quantitative estimate of drug-likeness (QED) is 0.248. The van der Waals surface area contributed by atoms with Crippen LogP contribution in [0.15, 0.2) is 54.6 Å². The van der Waals surface area contributed by atoms with Crippen LogP contribution in [0.4, 0.5) is 13.2 Å². The second kappa shape index (κ2) is 11.3. The predicted octanol–water partition coefficient (Wildman–Crippen LogP) is 9.85. The highest BCUT2D eigenvalue weighted by Gasteiger charge is 2.43. The zero-order valence-corrected chi connectivity index (χ0v) is 20.8. The molecule has 0 saturated heterocycles. The number of aryl methyl sites for hydroxylation is 2. The van der Waals surface area contributed by atoms with Crippen LogP contribution in [-0.2, 0) is 19.0 Å². The molecule has 0 amide bonds. The largest absolute Gasteiger partial charge is 0.427 e. The standard InChI is InChI=1S/C31H35F3O/c1-3-5-6-7-8-9-10-12-22-13-15-23(16-14-22)25-18-19-26-27-20-17-24(11-4-2)29(32)30(27)35-31(33,34)28(26)21-25/h13-21H,3-12H2,1-2H3. The van der Waals surface area contributed by atoms with Crippen LogP contribution in [0, 0.1) is 5.82 Å². The fraction of sp³-hybridized carbons (Fsp3) is 0.419. The van der Waals surface area contributed by atoms with E-state index in [1.165, 1.54) is 56.6 Å². The summed E-state index contributed by atoms with van der Waals surface area (Å²) >= 11 is 0. The number of benzene rings is 3. The van der Waals surface area contributed by atoms with Crippen LogP contribution in [0.1, 0.15) is 81.9 Å². The molecule has 0 saturated carbocycles. The average molecular weight is 481 g/mol. The first kappa shape index (κ1) is 25.3. The highest BCUT2D eigenvalue weighted by atomic mass is 19.3. The molecule has 0 unspecified atom stereocenters. The molecular formula is C31H35F3O. The third kappa shape index (κ3) is 5.74. The van der Waals surface area contributed by atoms with E-state index in [1.807, 2.05) is 25.1 Å². The molecule has 4 heteroatoms. The van der Waals surface area contributed by atoms with Crippen molar-refractivity contribution in [1.82, 2.24) is 0 Å². The van der Waals surface area contributed by atoms with Crippen molar-refractivity contribution in [3.63, 3.8) is 0 Å². The van der Waals surface area contributed by atoms with Crippen molar-refractivity contribution in [3.05, 3.63) is 77.1 Å². The fourth-order valence-electron chi connectivity index (χ4n) is 4.90. The molecule has 4 rings (SSSR count). The lowest BCUT2D eigenvalue weighted by molar-refractivity contribution is -0.188. The molecular weight excluding hydrogens is 445 g/mol. The van der Waals surface area contributed by atoms with E-state index >= 15 is 8.78 Å². The van der Waals surface area contributed by atoms with E-state index in [2.05, 4.69) is 19.1 Å². The Balaban J connectivity index is 1.49. The minimum Gasteiger partial charge on any atom is -0.425 e. The number of hydrogen-bond acceptors (Lipinski definition) is 1. The lowest BCUT2D eigenvalue weighted by atomic mass is 9.90. The van der Waals surface area contributed by atoms with Crippen LogP contribution in [0.2, 0.25) is 0 Å². The molecule has 0 bridgehead atoms. The summed E-state index contributed by atoms with van der Waals surface area (Å²) in [4.78, 5) is 0. The average Bonchev–Trinajstić information content (AvgIpc) is 2.86. The molecule has 0 N–H and O–H groups in total. The Morgan fingerprint density at radius 1 is 0.686 bits per heavy atom. The van der Waals surface area contributed by atoms with Crippen LogP contribution < -0.4 is 4.74 Å². The summed E-state index contributed by atoms with van der Waals surface area (Å²) in [6.45, 7) is 4.16. The molecule has 186 valence electrons. The van der Waals surface area contributed by atoms with Crippen molar-refractivity contribution in [1.29, 1.82) is 0 Å². The van der Waals surface area contributed by atoms with Crippen molar-refractivity contribution >= 4 is 0 Å². The molecule has 0 radical (unpaired) electrons. The first-order chi connectivity index (χ1) is 16.9. The monoisotopic (exact) mass is 480 g/mol. The minimum absolute atomic E-state index is 0.225. The Morgan fingerprint density at radius 3 is 2.06 bits per heavy atom. The summed E-state index contributed by atoms with van der Waals surface area (Å²) in [6, 6.07) is 16.5. The van der Waals surface area contributed by atoms with Gasteiger partial charge in [-0.15, -0.1) is 0 Å². The maximum absolute atomic E-state index is 15.0. The molecule has 0 aliphatic carbocycles. The number of fused-ring (bicyclic) bond motifs is 3. The molecule has 1 aliphatic heterocycles. The van der Waals surface area contributed by atoms with Crippen molar-refractivity contribution in [2.24, 2.45) is 0 Å². The molecule has 1 aliphatic rings. The van der Waals surface area contributed by atoms with Crippen LogP contribution in [-0.4, -0.2) is 0 Å². The van der Waals surface area contributed by atoms with Gasteiger partial charge in [0.05, 0.1) is 5.56 Å². The number of hydrogen-bond donors (Lipinski definition) is 0. The molecule has 0 fully saturated rings. The Kier molecular flexibility index (Phi) is 8.20. The van der Waals surface area contributed by atoms with Gasteiger partial charge < -0.3 is 4.74 Å². The normalized spacial score (nSPS) is 13.7. The fourth-order valence-corrected chi connectivity index (χ4v) is 4.90. The summed E-state index contributed by atoms with van der Waals surface area (Å²) in [5.74, 6) is -1.04. The topological polar surface area (TPSA) is 9.23 Å². The molecule has 0 aromatic heterocycles. The van der Waals surface area contributed by atoms with Crippen LogP contribution in [0.5, 0.6) is 5.75 Å². The van der Waals surface area contributed by atoms with Gasteiger partial charge in [0.25, 0.3) is 0 Å². The number of rotatable bonds is 11. The molecule has 0 atom stereocenters. The van der Waals surface area contributed by atoms with E-state index in [1.54, 1.807) is 18.2 Å². The van der Waals surface area contributed by atoms with Gasteiger partial charge in [-0.25, -0.2) is 4.39 Å². The van der Waals surface area contributed by atoms with Gasteiger partial charge in [0, 0.05) is 5.56 Å². The molecule has 3 aromatic carbocycles. The van der Waals surface area contributed by atoms with Crippen molar-refractivity contribution in [2.75, 3.05) is 0 Å². The smallest absolute Gasteiger partial charge is 0.425 e. The second-order valence-corrected chi connectivity index (χ2v) is 9.61. The van der Waals surface area contributed by atoms with E-state index in [0.29, 0.717) is 28.7 Å². The number of ether oxygens (including phenoxy) is 1. The van der Waals surface area contributed by atoms with E-state index < -0.39 is 11.9 Å². The predicted molar refractivity (Wildman–Crippen MR) is 137 cm³/mol. The maximum atomic E-state index is 15.0. The summed E-state index contributed by atoms with van der Waals surface area (Å²) in [5.41, 5.74) is 3.71. The van der Waals surface area contributed by atoms with Crippen molar-refractivity contribution < 1.29 is 17.9 Å². The SMILES string of the molecule is CCCCCCCCCc1ccc(-c2ccc3c(c2)C(F)(F)Oc2c-3ccc(CCC)c2F)cc1. The van der Waals surface area contributed by atoms with E-state index in [9.17, 15) is 4.39 Å². The van der Waals surface area contributed by atoms with Gasteiger partial charge in [-0.05, 0) is 53.1 Å². The van der Waals surface area contributed by atoms with Gasteiger partial charge in [-0.3, -0.25) is 0 Å². The molecule has 1 nitrogen and oxygen atoms in total. The summed E-state index contributed by atoms with van der Waals surface area (Å²) in [7, 11) is 0. The van der Waals surface area contributed by atoms with Crippen molar-refractivity contribution in [3.8, 4) is 28.0 Å². The van der Waals surface area contributed by atoms with Gasteiger partial charge in [0.15, 0.2) is 11.6 Å². The van der Waals surface area contributed by atoms with Gasteiger partial charge in [-0.2, -0.15) is 8.78 Å². The highest BCUT2D eigenvalue weighted by Crippen LogP contribution is 2.49. The van der Waals surface area contributed by atoms with E-state index in [0.717, 1.165) is 18.4 Å². The zero-order chi connectivity index (χ0) is 24.8. The van der Waals surface area contributed by atoms with E-state index in [4.69, 9.17) is 4.74 Å². The Hall–Kier alpha value is -2.75. The van der Waals surface area contributed by atoms with Crippen LogP contribution >= 0.6 is 0 Å². The van der Waals surface area contributed by atoms with Gasteiger partial charge in [0.1, 0.15) is 0 Å². The summed E-state index contributed by atoms with van der Waals surface area (Å²) in [6.07, 6.45) is 7.59. The Labute approximate surface area is 207 Å². The third-order valence-electron chi connectivity index (χ3n) is 6.91. The first-order valence-corrected chi connectivity index (χ1v) is 13.1. The number of halogens is 3. The molecule has 35 heavy (non-hydrogen) atoms. The molecule has 0 spiro atoms. The minimum atomic E-state index is -3.60. The lowest BCUT2D eigenvalue weighted by Gasteiger charge is -2.29. The Bertz CT molecular complexity index is 1130.